The van der Waals surface area contributed by atoms with E-state index in [4.69, 9.17) is 18.9 Å². The fourth-order valence-electron chi connectivity index (χ4n) is 9.64. The predicted octanol–water partition coefficient (Wildman–Crippen LogP) is 1.91. The minimum atomic E-state index is -1.61. The summed E-state index contributed by atoms with van der Waals surface area (Å²) in [7, 11) is 0. The Bertz CT molecular complexity index is 1230. The molecule has 43 heavy (non-hydrogen) atoms. The summed E-state index contributed by atoms with van der Waals surface area (Å²) in [4.78, 5) is 38.2. The van der Waals surface area contributed by atoms with Crippen LogP contribution in [-0.4, -0.2) is 93.3 Å². The van der Waals surface area contributed by atoms with Crippen LogP contribution in [0.5, 0.6) is 0 Å². The molecule has 2 aliphatic heterocycles. The van der Waals surface area contributed by atoms with Crippen LogP contribution in [0.4, 0.5) is 0 Å². The maximum Gasteiger partial charge on any atom is 0.335 e. The number of carbonyl (C=O) groups is 3. The normalized spacial score (nSPS) is 50.3. The molecule has 0 amide bonds. The second-order valence-corrected chi connectivity index (χ2v) is 14.0. The van der Waals surface area contributed by atoms with Crippen molar-refractivity contribution in [2.75, 3.05) is 6.61 Å². The summed E-state index contributed by atoms with van der Waals surface area (Å²) >= 11 is 0. The topological polar surface area (TPSA) is 169 Å². The molecule has 6 rings (SSSR count). The van der Waals surface area contributed by atoms with Gasteiger partial charge in [-0.25, -0.2) is 4.79 Å². The van der Waals surface area contributed by atoms with Gasteiger partial charge < -0.3 is 39.4 Å². The molecule has 3 saturated carbocycles. The third-order valence-corrected chi connectivity index (χ3v) is 11.8. The van der Waals surface area contributed by atoms with Crippen molar-refractivity contribution >= 4 is 17.5 Å². The summed E-state index contributed by atoms with van der Waals surface area (Å²) in [5, 5.41) is 42.3. The number of fused-ring (bicyclic) bond motifs is 7. The molecule has 2 heterocycles. The van der Waals surface area contributed by atoms with Gasteiger partial charge >= 0.3 is 5.97 Å². The van der Waals surface area contributed by atoms with Gasteiger partial charge in [0.2, 0.25) is 0 Å². The molecule has 2 saturated heterocycles. The van der Waals surface area contributed by atoms with E-state index in [0.29, 0.717) is 19.3 Å². The van der Waals surface area contributed by atoms with E-state index < -0.39 is 83.8 Å². The first-order chi connectivity index (χ1) is 20.3. The van der Waals surface area contributed by atoms with Crippen molar-refractivity contribution in [1.29, 1.82) is 0 Å². The molecule has 11 heteroatoms. The predicted molar refractivity (Wildman–Crippen MR) is 149 cm³/mol. The molecule has 14 atom stereocenters. The number of carboxylic acids is 1. The third-order valence-electron chi connectivity index (χ3n) is 11.8. The number of Topliss-reactive ketones (excluding diaryl/α,β-unsaturated/α-hetero) is 1. The number of aliphatic hydroxyl groups is 3. The van der Waals surface area contributed by atoms with E-state index in [1.165, 1.54) is 6.92 Å². The Morgan fingerprint density at radius 3 is 2.58 bits per heavy atom. The van der Waals surface area contributed by atoms with Gasteiger partial charge in [-0.15, -0.1) is 0 Å². The molecule has 0 radical (unpaired) electrons. The highest BCUT2D eigenvalue weighted by atomic mass is 16.7. The van der Waals surface area contributed by atoms with Gasteiger partial charge in [-0.05, 0) is 56.1 Å². The van der Waals surface area contributed by atoms with Gasteiger partial charge in [0, 0.05) is 22.7 Å². The van der Waals surface area contributed by atoms with Crippen LogP contribution in [0.3, 0.4) is 0 Å². The Labute approximate surface area is 251 Å². The average Bonchev–Trinajstić information content (AvgIpc) is 3.43. The first-order valence-corrected chi connectivity index (χ1v) is 15.6. The highest BCUT2D eigenvalue weighted by molar-refractivity contribution is 6.01. The smallest absolute Gasteiger partial charge is 0.335 e. The molecular weight excluding hydrogens is 560 g/mol. The largest absolute Gasteiger partial charge is 0.479 e. The van der Waals surface area contributed by atoms with Crippen LogP contribution >= 0.6 is 0 Å². The number of rotatable bonds is 7. The highest BCUT2D eigenvalue weighted by Crippen LogP contribution is 2.69. The van der Waals surface area contributed by atoms with Crippen molar-refractivity contribution in [3.63, 3.8) is 0 Å². The minimum absolute atomic E-state index is 0.00934. The lowest BCUT2D eigenvalue weighted by Crippen LogP contribution is -2.64. The first kappa shape index (κ1) is 31.0. The van der Waals surface area contributed by atoms with Crippen LogP contribution in [0.15, 0.2) is 23.8 Å². The summed E-state index contributed by atoms with van der Waals surface area (Å²) in [6, 6.07) is 0. The number of ether oxygens (including phenoxy) is 4. The van der Waals surface area contributed by atoms with E-state index in [0.717, 1.165) is 24.8 Å². The molecule has 5 fully saturated rings. The van der Waals surface area contributed by atoms with Gasteiger partial charge in [-0.2, -0.15) is 0 Å². The molecule has 0 aromatic carbocycles. The van der Waals surface area contributed by atoms with Gasteiger partial charge in [-0.1, -0.05) is 45.8 Å². The molecule has 0 spiro atoms. The molecule has 11 nitrogen and oxygen atoms in total. The van der Waals surface area contributed by atoms with Gasteiger partial charge in [0.05, 0.1) is 18.3 Å². The van der Waals surface area contributed by atoms with E-state index in [-0.39, 0.29) is 23.5 Å². The first-order valence-electron chi connectivity index (χ1n) is 15.6. The fraction of sp³-hybridized carbons (Fsp3) is 0.781. The van der Waals surface area contributed by atoms with Crippen LogP contribution in [0.2, 0.25) is 0 Å². The van der Waals surface area contributed by atoms with Crippen molar-refractivity contribution in [3.8, 4) is 0 Å². The zero-order valence-electron chi connectivity index (χ0n) is 25.2. The minimum Gasteiger partial charge on any atom is -0.479 e. The van der Waals surface area contributed by atoms with E-state index in [1.807, 2.05) is 19.9 Å². The second kappa shape index (κ2) is 10.8. The number of carbonyl (C=O) groups excluding carboxylic acids is 2. The molecule has 0 bridgehead atoms. The van der Waals surface area contributed by atoms with E-state index in [1.54, 1.807) is 12.2 Å². The van der Waals surface area contributed by atoms with Crippen LogP contribution < -0.4 is 0 Å². The third kappa shape index (κ3) is 4.45. The molecule has 4 N–H and O–H groups in total. The van der Waals surface area contributed by atoms with Crippen LogP contribution in [-0.2, 0) is 33.3 Å². The molecule has 1 unspecified atom stereocenters. The zero-order chi connectivity index (χ0) is 31.1. The van der Waals surface area contributed by atoms with E-state index in [9.17, 15) is 34.8 Å². The molecule has 0 aromatic rings. The number of aliphatic carboxylic acids is 1. The average molecular weight is 605 g/mol. The summed E-state index contributed by atoms with van der Waals surface area (Å²) < 4.78 is 24.2. The Morgan fingerprint density at radius 2 is 1.88 bits per heavy atom. The number of ketones is 2. The van der Waals surface area contributed by atoms with Crippen molar-refractivity contribution in [2.24, 2.45) is 34.5 Å². The van der Waals surface area contributed by atoms with Gasteiger partial charge in [0.25, 0.3) is 0 Å². The standard InChI is InChI=1S/C32H44O11/c1-5-6-23-41-22-12-19-18-8-7-16-11-17(33)9-10-30(16,3)24(18)20(34)13-31(19,4)32(22,43-23)21(35)14-40-29-26(37)15(2)25(36)27(42-29)28(38)39/h9-11,15,18-20,22-27,29,34,36-37H,5-8,12-14H2,1-4H3,(H,38,39)/t15-,18-,19-,20-,22+,23?,24+,25-,26+,27-,29+,30-,31-,32+/m0/s1. The Hall–Kier alpha value is -1.99. The number of hydrogen-bond acceptors (Lipinski definition) is 10. The number of hydrogen-bond donors (Lipinski definition) is 4. The van der Waals surface area contributed by atoms with Crippen LogP contribution in [0.1, 0.15) is 66.2 Å². The summed E-state index contributed by atoms with van der Waals surface area (Å²) in [5.74, 6) is -2.78. The zero-order valence-corrected chi connectivity index (χ0v) is 25.2. The lowest BCUT2D eigenvalue weighted by Gasteiger charge is -2.59. The van der Waals surface area contributed by atoms with Crippen LogP contribution in [0.25, 0.3) is 0 Å². The van der Waals surface area contributed by atoms with Crippen molar-refractivity contribution < 1.29 is 53.8 Å². The Kier molecular flexibility index (Phi) is 7.80. The van der Waals surface area contributed by atoms with Gasteiger partial charge in [0.15, 0.2) is 35.9 Å². The lowest BCUT2D eigenvalue weighted by molar-refractivity contribution is -0.280. The summed E-state index contributed by atoms with van der Waals surface area (Å²) in [6.07, 6.45) is 1.20. The number of aliphatic hydroxyl groups excluding tert-OH is 3. The molecular formula is C32H44O11. The quantitative estimate of drug-likeness (QED) is 0.335. The lowest BCUT2D eigenvalue weighted by atomic mass is 9.46. The van der Waals surface area contributed by atoms with Gasteiger partial charge in [0.1, 0.15) is 12.7 Å². The second-order valence-electron chi connectivity index (χ2n) is 14.0. The maximum atomic E-state index is 14.4. The SMILES string of the molecule is CCCC1O[C@@H]2C[C@H]3[C@@H]4CCC5=CC(=O)C=C[C@]5(C)[C@H]4[C@@H](O)C[C@]3(C)[C@]2(C(=O)CO[C@@H]2O[C@H](C(=O)O)[C@@H](O)[C@H](C)[C@H]2O)O1. The number of carboxylic acid groups (broad SMARTS) is 1. The van der Waals surface area contributed by atoms with Crippen molar-refractivity contribution in [3.05, 3.63) is 23.8 Å². The van der Waals surface area contributed by atoms with Gasteiger partial charge in [-0.3, -0.25) is 9.59 Å². The number of allylic oxidation sites excluding steroid dienone is 4. The maximum absolute atomic E-state index is 14.4. The van der Waals surface area contributed by atoms with E-state index in [2.05, 4.69) is 6.92 Å². The van der Waals surface area contributed by atoms with E-state index >= 15 is 0 Å². The summed E-state index contributed by atoms with van der Waals surface area (Å²) in [5.41, 5.74) is -1.64. The highest BCUT2D eigenvalue weighted by Gasteiger charge is 2.75. The van der Waals surface area contributed by atoms with Crippen molar-refractivity contribution in [2.45, 2.75) is 115 Å². The molecule has 238 valence electrons. The fourth-order valence-corrected chi connectivity index (χ4v) is 9.64. The molecule has 6 aliphatic rings. The monoisotopic (exact) mass is 604 g/mol. The molecule has 4 aliphatic carbocycles. The summed E-state index contributed by atoms with van der Waals surface area (Å²) in [6.45, 7) is 7.07. The van der Waals surface area contributed by atoms with Crippen molar-refractivity contribution in [1.82, 2.24) is 0 Å². The van der Waals surface area contributed by atoms with Crippen LogP contribution in [0, 0.1) is 34.5 Å². The molecule has 0 aromatic heterocycles. The Morgan fingerprint density at radius 1 is 1.14 bits per heavy atom. The Balaban J connectivity index is 1.29.